The van der Waals surface area contributed by atoms with Crippen molar-refractivity contribution < 1.29 is 22.4 Å². The summed E-state index contributed by atoms with van der Waals surface area (Å²) in [6, 6.07) is 11.1. The van der Waals surface area contributed by atoms with Crippen molar-refractivity contribution in [1.82, 2.24) is 10.2 Å². The summed E-state index contributed by atoms with van der Waals surface area (Å²) in [7, 11) is -2.21. The summed E-state index contributed by atoms with van der Waals surface area (Å²) in [6.45, 7) is 1.10. The van der Waals surface area contributed by atoms with E-state index < -0.39 is 15.8 Å². The number of hydrogen-bond acceptors (Lipinski definition) is 4. The number of nitrogens with one attached hydrogen (secondary N) is 2. The highest BCUT2D eigenvalue weighted by atomic mass is 32.2. The van der Waals surface area contributed by atoms with Gasteiger partial charge in [-0.05, 0) is 54.8 Å². The Labute approximate surface area is 175 Å². The van der Waals surface area contributed by atoms with Gasteiger partial charge in [0.2, 0.25) is 11.8 Å². The molecule has 0 unspecified atom stereocenters. The number of nitrogens with zero attached hydrogens (tertiary/aromatic N) is 1. The fourth-order valence-corrected chi connectivity index (χ4v) is 4.46. The van der Waals surface area contributed by atoms with Gasteiger partial charge in [0, 0.05) is 31.7 Å². The maximum Gasteiger partial charge on any atom is 0.261 e. The van der Waals surface area contributed by atoms with Gasteiger partial charge in [0.05, 0.1) is 11.3 Å². The van der Waals surface area contributed by atoms with Crippen molar-refractivity contribution in [2.75, 3.05) is 24.9 Å². The van der Waals surface area contributed by atoms with Crippen LogP contribution in [-0.4, -0.2) is 45.3 Å². The normalized spacial score (nSPS) is 14.9. The Hall–Kier alpha value is -2.94. The molecule has 2 amide bonds. The quantitative estimate of drug-likeness (QED) is 0.730. The summed E-state index contributed by atoms with van der Waals surface area (Å²) in [5.74, 6) is -0.570. The molecule has 0 spiro atoms. The Morgan fingerprint density at radius 3 is 2.20 bits per heavy atom. The smallest absolute Gasteiger partial charge is 0.261 e. The Morgan fingerprint density at radius 1 is 1.03 bits per heavy atom. The molecule has 3 rings (SSSR count). The summed E-state index contributed by atoms with van der Waals surface area (Å²) in [6.07, 6.45) is 1.50. The number of halogens is 1. The van der Waals surface area contributed by atoms with Crippen LogP contribution in [0.4, 0.5) is 10.1 Å². The van der Waals surface area contributed by atoms with E-state index in [4.69, 9.17) is 0 Å². The van der Waals surface area contributed by atoms with Crippen LogP contribution in [0, 0.1) is 11.7 Å². The summed E-state index contributed by atoms with van der Waals surface area (Å²) in [5.41, 5.74) is 1.11. The Morgan fingerprint density at radius 2 is 1.63 bits per heavy atom. The van der Waals surface area contributed by atoms with Crippen molar-refractivity contribution in [2.45, 2.75) is 24.2 Å². The largest absolute Gasteiger partial charge is 0.359 e. The molecular weight excluding hydrogens is 409 g/mol. The average Bonchev–Trinajstić information content (AvgIpc) is 2.74. The van der Waals surface area contributed by atoms with Crippen LogP contribution in [-0.2, 0) is 26.0 Å². The van der Waals surface area contributed by atoms with Gasteiger partial charge in [-0.1, -0.05) is 12.1 Å². The third-order valence-corrected chi connectivity index (χ3v) is 6.55. The number of rotatable bonds is 6. The lowest BCUT2D eigenvalue weighted by Crippen LogP contribution is -2.42. The minimum atomic E-state index is -3.82. The zero-order valence-electron chi connectivity index (χ0n) is 16.6. The van der Waals surface area contributed by atoms with Crippen molar-refractivity contribution in [3.63, 3.8) is 0 Å². The topological polar surface area (TPSA) is 95.6 Å². The van der Waals surface area contributed by atoms with Crippen molar-refractivity contribution in [2.24, 2.45) is 5.92 Å². The monoisotopic (exact) mass is 433 g/mol. The standard InChI is InChI=1S/C21H24FN3O4S/c1-23-21(27)16-10-12-25(13-11-16)20(26)14-15-2-6-18(7-3-15)24-30(28,29)19-8-4-17(22)5-9-19/h2-9,16,24H,10-14H2,1H3,(H,23,27). The zero-order valence-corrected chi connectivity index (χ0v) is 17.4. The maximum atomic E-state index is 13.0. The van der Waals surface area contributed by atoms with Crippen LogP contribution in [0.15, 0.2) is 53.4 Å². The Kier molecular flexibility index (Phi) is 6.71. The molecule has 2 aromatic rings. The lowest BCUT2D eigenvalue weighted by Gasteiger charge is -2.31. The SMILES string of the molecule is CNC(=O)C1CCN(C(=O)Cc2ccc(NS(=O)(=O)c3ccc(F)cc3)cc2)CC1. The lowest BCUT2D eigenvalue weighted by atomic mass is 9.95. The number of carbonyl (C=O) groups is 2. The molecule has 30 heavy (non-hydrogen) atoms. The second-order valence-electron chi connectivity index (χ2n) is 7.20. The number of piperidine rings is 1. The van der Waals surface area contributed by atoms with E-state index in [1.807, 2.05) is 0 Å². The van der Waals surface area contributed by atoms with E-state index in [0.717, 1.165) is 17.7 Å². The van der Waals surface area contributed by atoms with Gasteiger partial charge in [-0.3, -0.25) is 14.3 Å². The number of sulfonamides is 1. The van der Waals surface area contributed by atoms with E-state index in [-0.39, 0.29) is 29.0 Å². The molecule has 2 aromatic carbocycles. The van der Waals surface area contributed by atoms with Crippen LogP contribution >= 0.6 is 0 Å². The molecule has 160 valence electrons. The average molecular weight is 434 g/mol. The van der Waals surface area contributed by atoms with Gasteiger partial charge < -0.3 is 10.2 Å². The molecule has 2 N–H and O–H groups in total. The molecule has 0 aliphatic carbocycles. The minimum absolute atomic E-state index is 0.0146. The highest BCUT2D eigenvalue weighted by Gasteiger charge is 2.26. The summed E-state index contributed by atoms with van der Waals surface area (Å²) in [4.78, 5) is 25.9. The maximum absolute atomic E-state index is 13.0. The van der Waals surface area contributed by atoms with E-state index in [2.05, 4.69) is 10.0 Å². The first kappa shape index (κ1) is 21.8. The van der Waals surface area contributed by atoms with Gasteiger partial charge in [0.25, 0.3) is 10.0 Å². The minimum Gasteiger partial charge on any atom is -0.359 e. The first-order valence-corrected chi connectivity index (χ1v) is 11.1. The molecule has 0 saturated carbocycles. The van der Waals surface area contributed by atoms with Gasteiger partial charge in [-0.15, -0.1) is 0 Å². The molecule has 1 aliphatic rings. The molecule has 1 aliphatic heterocycles. The number of likely N-dealkylation sites (tertiary alicyclic amines) is 1. The molecule has 0 bridgehead atoms. The second kappa shape index (κ2) is 9.25. The van der Waals surface area contributed by atoms with Crippen LogP contribution in [0.1, 0.15) is 18.4 Å². The second-order valence-corrected chi connectivity index (χ2v) is 8.88. The van der Waals surface area contributed by atoms with Gasteiger partial charge in [-0.2, -0.15) is 0 Å². The predicted molar refractivity (Wildman–Crippen MR) is 111 cm³/mol. The molecule has 0 atom stereocenters. The fraction of sp³-hybridized carbons (Fsp3) is 0.333. The van der Waals surface area contributed by atoms with Crippen molar-refractivity contribution in [3.8, 4) is 0 Å². The van der Waals surface area contributed by atoms with Crippen LogP contribution in [0.2, 0.25) is 0 Å². The Bertz CT molecular complexity index is 1000. The van der Waals surface area contributed by atoms with Gasteiger partial charge in [-0.25, -0.2) is 12.8 Å². The fourth-order valence-electron chi connectivity index (χ4n) is 3.40. The van der Waals surface area contributed by atoms with Crippen LogP contribution < -0.4 is 10.0 Å². The van der Waals surface area contributed by atoms with Crippen LogP contribution in [0.3, 0.4) is 0 Å². The van der Waals surface area contributed by atoms with Gasteiger partial charge in [0.1, 0.15) is 5.82 Å². The third kappa shape index (κ3) is 5.35. The molecule has 0 aromatic heterocycles. The van der Waals surface area contributed by atoms with Crippen LogP contribution in [0.25, 0.3) is 0 Å². The molecule has 1 saturated heterocycles. The first-order valence-electron chi connectivity index (χ1n) is 9.65. The Balaban J connectivity index is 1.56. The number of amides is 2. The molecular formula is C21H24FN3O4S. The van der Waals surface area contributed by atoms with Crippen molar-refractivity contribution in [1.29, 1.82) is 0 Å². The number of anilines is 1. The lowest BCUT2D eigenvalue weighted by molar-refractivity contribution is -0.134. The zero-order chi connectivity index (χ0) is 21.7. The van der Waals surface area contributed by atoms with E-state index in [1.54, 1.807) is 36.2 Å². The van der Waals surface area contributed by atoms with Crippen molar-refractivity contribution in [3.05, 3.63) is 59.9 Å². The molecule has 9 heteroatoms. The summed E-state index contributed by atoms with van der Waals surface area (Å²) < 4.78 is 40.1. The first-order chi connectivity index (χ1) is 14.3. The van der Waals surface area contributed by atoms with E-state index in [0.29, 0.717) is 31.6 Å². The van der Waals surface area contributed by atoms with Gasteiger partial charge >= 0.3 is 0 Å². The molecule has 1 heterocycles. The van der Waals surface area contributed by atoms with Crippen molar-refractivity contribution >= 4 is 27.5 Å². The van der Waals surface area contributed by atoms with E-state index >= 15 is 0 Å². The van der Waals surface area contributed by atoms with E-state index in [1.165, 1.54) is 12.1 Å². The highest BCUT2D eigenvalue weighted by Crippen LogP contribution is 2.20. The molecule has 0 radical (unpaired) electrons. The number of hydrogen-bond donors (Lipinski definition) is 2. The van der Waals surface area contributed by atoms with Crippen LogP contribution in [0.5, 0.6) is 0 Å². The third-order valence-electron chi connectivity index (χ3n) is 5.15. The van der Waals surface area contributed by atoms with E-state index in [9.17, 15) is 22.4 Å². The molecule has 7 nitrogen and oxygen atoms in total. The predicted octanol–water partition coefficient (Wildman–Crippen LogP) is 2.15. The summed E-state index contributed by atoms with van der Waals surface area (Å²) >= 11 is 0. The summed E-state index contributed by atoms with van der Waals surface area (Å²) in [5, 5.41) is 2.64. The number of benzene rings is 2. The van der Waals surface area contributed by atoms with Gasteiger partial charge in [0.15, 0.2) is 0 Å². The molecule has 1 fully saturated rings. The number of carbonyl (C=O) groups excluding carboxylic acids is 2. The highest BCUT2D eigenvalue weighted by molar-refractivity contribution is 7.92.